The van der Waals surface area contributed by atoms with Gasteiger partial charge in [0.05, 0.1) is 6.54 Å². The van der Waals surface area contributed by atoms with Gasteiger partial charge in [0.15, 0.2) is 0 Å². The number of hydrogen-bond donors (Lipinski definition) is 2. The van der Waals surface area contributed by atoms with Crippen molar-refractivity contribution in [2.45, 2.75) is 20.4 Å². The summed E-state index contributed by atoms with van der Waals surface area (Å²) in [7, 11) is 0. The highest BCUT2D eigenvalue weighted by Crippen LogP contribution is 2.12. The van der Waals surface area contributed by atoms with Gasteiger partial charge >= 0.3 is 0 Å². The van der Waals surface area contributed by atoms with Crippen LogP contribution in [-0.4, -0.2) is 15.0 Å². The third kappa shape index (κ3) is 2.66. The first-order chi connectivity index (χ1) is 7.63. The van der Waals surface area contributed by atoms with E-state index in [1.807, 2.05) is 19.2 Å². The molecule has 0 aliphatic rings. The number of thiazole rings is 1. The third-order valence-electron chi connectivity index (χ3n) is 1.95. The summed E-state index contributed by atoms with van der Waals surface area (Å²) in [6.45, 7) is 4.45. The predicted molar refractivity (Wildman–Crippen MR) is 65.4 cm³/mol. The summed E-state index contributed by atoms with van der Waals surface area (Å²) in [4.78, 5) is 12.6. The number of anilines is 2. The van der Waals surface area contributed by atoms with Gasteiger partial charge in [-0.2, -0.15) is 0 Å². The molecule has 0 saturated carbocycles. The van der Waals surface area contributed by atoms with Crippen LogP contribution in [0.25, 0.3) is 0 Å². The van der Waals surface area contributed by atoms with E-state index in [-0.39, 0.29) is 0 Å². The van der Waals surface area contributed by atoms with Gasteiger partial charge in [0.1, 0.15) is 22.5 Å². The fourth-order valence-electron chi connectivity index (χ4n) is 1.33. The summed E-state index contributed by atoms with van der Waals surface area (Å²) in [5.41, 5.74) is 6.67. The molecule has 16 heavy (non-hydrogen) atoms. The largest absolute Gasteiger partial charge is 0.384 e. The first kappa shape index (κ1) is 10.8. The second-order valence-corrected chi connectivity index (χ2v) is 4.40. The van der Waals surface area contributed by atoms with Gasteiger partial charge < -0.3 is 11.1 Å². The molecule has 0 bridgehead atoms. The summed E-state index contributed by atoms with van der Waals surface area (Å²) in [6, 6.07) is 1.72. The molecule has 0 aromatic carbocycles. The number of aryl methyl sites for hydroxylation is 2. The lowest BCUT2D eigenvalue weighted by molar-refractivity contribution is 1.01. The van der Waals surface area contributed by atoms with Gasteiger partial charge in [0, 0.05) is 17.1 Å². The first-order valence-corrected chi connectivity index (χ1v) is 5.77. The van der Waals surface area contributed by atoms with Gasteiger partial charge in [0.2, 0.25) is 0 Å². The van der Waals surface area contributed by atoms with Crippen molar-refractivity contribution < 1.29 is 0 Å². The molecule has 2 aromatic rings. The Labute approximate surface area is 97.8 Å². The lowest BCUT2D eigenvalue weighted by Gasteiger charge is -2.04. The van der Waals surface area contributed by atoms with Crippen molar-refractivity contribution in [2.24, 2.45) is 0 Å². The number of nitrogens with zero attached hydrogens (tertiary/aromatic N) is 3. The number of nitrogen functional groups attached to an aromatic ring is 1. The van der Waals surface area contributed by atoms with Crippen LogP contribution in [0.4, 0.5) is 11.6 Å². The van der Waals surface area contributed by atoms with E-state index in [0.717, 1.165) is 16.5 Å². The standard InChI is InChI=1S/C10H13N5S/c1-6-5-16-10(13-6)4-12-9-3-8(11)14-7(2)15-9/h3,5H,4H2,1-2H3,(H3,11,12,14,15). The maximum Gasteiger partial charge on any atom is 0.132 e. The predicted octanol–water partition coefficient (Wildman–Crippen LogP) is 1.74. The molecule has 0 amide bonds. The van der Waals surface area contributed by atoms with Crippen molar-refractivity contribution in [2.75, 3.05) is 11.1 Å². The second-order valence-electron chi connectivity index (χ2n) is 3.46. The normalized spacial score (nSPS) is 10.4. The van der Waals surface area contributed by atoms with Crippen molar-refractivity contribution >= 4 is 23.0 Å². The van der Waals surface area contributed by atoms with E-state index in [9.17, 15) is 0 Å². The summed E-state index contributed by atoms with van der Waals surface area (Å²) >= 11 is 1.63. The molecule has 2 heterocycles. The number of nitrogens with two attached hydrogens (primary N) is 1. The van der Waals surface area contributed by atoms with E-state index in [4.69, 9.17) is 5.73 Å². The van der Waals surface area contributed by atoms with Crippen molar-refractivity contribution in [3.63, 3.8) is 0 Å². The van der Waals surface area contributed by atoms with E-state index in [2.05, 4.69) is 20.3 Å². The second kappa shape index (κ2) is 4.44. The minimum atomic E-state index is 0.477. The number of aromatic nitrogens is 3. The average molecular weight is 235 g/mol. The van der Waals surface area contributed by atoms with Crippen LogP contribution in [0.2, 0.25) is 0 Å². The van der Waals surface area contributed by atoms with E-state index in [1.165, 1.54) is 0 Å². The van der Waals surface area contributed by atoms with Crippen LogP contribution in [0, 0.1) is 13.8 Å². The summed E-state index contributed by atoms with van der Waals surface area (Å²) < 4.78 is 0. The van der Waals surface area contributed by atoms with Gasteiger partial charge in [-0.25, -0.2) is 15.0 Å². The smallest absolute Gasteiger partial charge is 0.132 e. The zero-order chi connectivity index (χ0) is 11.5. The molecule has 0 saturated heterocycles. The average Bonchev–Trinajstić information content (AvgIpc) is 2.60. The highest BCUT2D eigenvalue weighted by molar-refractivity contribution is 7.09. The van der Waals surface area contributed by atoms with Crippen LogP contribution < -0.4 is 11.1 Å². The lowest BCUT2D eigenvalue weighted by atomic mass is 10.5. The molecular formula is C10H13N5S. The molecule has 0 atom stereocenters. The number of nitrogens with one attached hydrogen (secondary N) is 1. The van der Waals surface area contributed by atoms with Gasteiger partial charge in [-0.05, 0) is 13.8 Å². The molecule has 0 spiro atoms. The Kier molecular flexibility index (Phi) is 3.00. The van der Waals surface area contributed by atoms with Crippen molar-refractivity contribution in [3.05, 3.63) is 28.0 Å². The van der Waals surface area contributed by atoms with Crippen LogP contribution in [0.1, 0.15) is 16.5 Å². The molecule has 84 valence electrons. The fraction of sp³-hybridized carbons (Fsp3) is 0.300. The molecule has 0 unspecified atom stereocenters. The highest BCUT2D eigenvalue weighted by Gasteiger charge is 2.01. The Bertz CT molecular complexity index is 473. The quantitative estimate of drug-likeness (QED) is 0.847. The monoisotopic (exact) mass is 235 g/mol. The number of hydrogen-bond acceptors (Lipinski definition) is 6. The van der Waals surface area contributed by atoms with Gasteiger partial charge in [0.25, 0.3) is 0 Å². The maximum atomic E-state index is 5.63. The summed E-state index contributed by atoms with van der Waals surface area (Å²) in [6.07, 6.45) is 0. The molecule has 5 nitrogen and oxygen atoms in total. The fourth-order valence-corrected chi connectivity index (χ4v) is 2.04. The van der Waals surface area contributed by atoms with Crippen molar-refractivity contribution in [1.82, 2.24) is 15.0 Å². The van der Waals surface area contributed by atoms with E-state index in [0.29, 0.717) is 18.2 Å². The van der Waals surface area contributed by atoms with Crippen molar-refractivity contribution in [3.8, 4) is 0 Å². The zero-order valence-electron chi connectivity index (χ0n) is 9.19. The van der Waals surface area contributed by atoms with Gasteiger partial charge in [-0.15, -0.1) is 11.3 Å². The minimum absolute atomic E-state index is 0.477. The molecule has 2 rings (SSSR count). The Hall–Kier alpha value is -1.69. The topological polar surface area (TPSA) is 76.7 Å². The highest BCUT2D eigenvalue weighted by atomic mass is 32.1. The molecule has 6 heteroatoms. The van der Waals surface area contributed by atoms with Crippen LogP contribution in [0.5, 0.6) is 0 Å². The van der Waals surface area contributed by atoms with E-state index >= 15 is 0 Å². The van der Waals surface area contributed by atoms with Crippen LogP contribution in [-0.2, 0) is 6.54 Å². The molecule has 0 aliphatic carbocycles. The van der Waals surface area contributed by atoms with E-state index in [1.54, 1.807) is 17.4 Å². The third-order valence-corrected chi connectivity index (χ3v) is 2.91. The summed E-state index contributed by atoms with van der Waals surface area (Å²) in [5, 5.41) is 6.23. The van der Waals surface area contributed by atoms with Crippen LogP contribution >= 0.6 is 11.3 Å². The van der Waals surface area contributed by atoms with Crippen molar-refractivity contribution in [1.29, 1.82) is 0 Å². The lowest BCUT2D eigenvalue weighted by Crippen LogP contribution is -2.04. The Morgan fingerprint density at radius 3 is 2.75 bits per heavy atom. The summed E-state index contributed by atoms with van der Waals surface area (Å²) in [5.74, 6) is 1.88. The molecule has 0 fully saturated rings. The Balaban J connectivity index is 2.04. The van der Waals surface area contributed by atoms with Crippen LogP contribution in [0.3, 0.4) is 0 Å². The molecule has 0 radical (unpaired) electrons. The maximum absolute atomic E-state index is 5.63. The molecule has 2 aromatic heterocycles. The van der Waals surface area contributed by atoms with E-state index < -0.39 is 0 Å². The minimum Gasteiger partial charge on any atom is -0.384 e. The molecule has 0 aliphatic heterocycles. The van der Waals surface area contributed by atoms with Gasteiger partial charge in [-0.3, -0.25) is 0 Å². The zero-order valence-corrected chi connectivity index (χ0v) is 10.0. The number of rotatable bonds is 3. The van der Waals surface area contributed by atoms with Gasteiger partial charge in [-0.1, -0.05) is 0 Å². The molecular weight excluding hydrogens is 222 g/mol. The Morgan fingerprint density at radius 1 is 1.31 bits per heavy atom. The van der Waals surface area contributed by atoms with Crippen LogP contribution in [0.15, 0.2) is 11.4 Å². The Morgan fingerprint density at radius 2 is 2.12 bits per heavy atom. The molecule has 3 N–H and O–H groups in total. The SMILES string of the molecule is Cc1csc(CNc2cc(N)nc(C)n2)n1. The first-order valence-electron chi connectivity index (χ1n) is 4.89.